The van der Waals surface area contributed by atoms with E-state index in [4.69, 9.17) is 0 Å². The van der Waals surface area contributed by atoms with Crippen molar-refractivity contribution in [1.82, 2.24) is 0 Å². The van der Waals surface area contributed by atoms with Gasteiger partial charge in [0.25, 0.3) is 0 Å². The van der Waals surface area contributed by atoms with Crippen molar-refractivity contribution < 1.29 is 39.5 Å². The zero-order valence-electron chi connectivity index (χ0n) is 7.83. The van der Waals surface area contributed by atoms with Crippen LogP contribution in [0.1, 0.15) is 35.2 Å². The average molecular weight is 184 g/mol. The van der Waals surface area contributed by atoms with E-state index >= 15 is 0 Å². The van der Waals surface area contributed by atoms with Crippen molar-refractivity contribution in [3.8, 4) is 5.75 Å². The van der Waals surface area contributed by atoms with Gasteiger partial charge in [-0.05, 0) is 11.5 Å². The Labute approximate surface area is 99.3 Å². The smallest absolute Gasteiger partial charge is 0.872 e. The number of ketones is 1. The van der Waals surface area contributed by atoms with Crippen LogP contribution in [0.25, 0.3) is 0 Å². The number of hydrogen-bond acceptors (Lipinski definition) is 2. The Morgan fingerprint density at radius 1 is 1.46 bits per heavy atom. The predicted molar refractivity (Wildman–Crippen MR) is 43.3 cm³/mol. The fourth-order valence-corrected chi connectivity index (χ4v) is 1.75. The zero-order valence-corrected chi connectivity index (χ0v) is 9.83. The summed E-state index contributed by atoms with van der Waals surface area (Å²) in [5, 5.41) is 11.2. The molecule has 1 aliphatic rings. The van der Waals surface area contributed by atoms with Crippen LogP contribution in [-0.2, 0) is 0 Å². The molecule has 2 rings (SSSR count). The van der Waals surface area contributed by atoms with Crippen molar-refractivity contribution >= 4 is 5.78 Å². The molecule has 0 aliphatic heterocycles. The quantitative estimate of drug-likeness (QED) is 0.458. The minimum Gasteiger partial charge on any atom is -0.872 e. The number of rotatable bonds is 0. The molecule has 1 aliphatic carbocycles. The largest absolute Gasteiger partial charge is 1.00 e. The molecule has 0 aromatic heterocycles. The van der Waals surface area contributed by atoms with Crippen molar-refractivity contribution in [2.75, 3.05) is 0 Å². The van der Waals surface area contributed by atoms with E-state index in [-0.39, 0.29) is 47.0 Å². The monoisotopic (exact) mass is 184 g/mol. The van der Waals surface area contributed by atoms with E-state index in [1.807, 2.05) is 13.0 Å². The van der Waals surface area contributed by atoms with Gasteiger partial charge in [-0.1, -0.05) is 30.9 Å². The summed E-state index contributed by atoms with van der Waals surface area (Å²) in [6.07, 6.45) is 0.495. The predicted octanol–water partition coefficient (Wildman–Crippen LogP) is -1.55. The minimum absolute atomic E-state index is 0. The maximum absolute atomic E-state index is 11.3. The second-order valence-corrected chi connectivity index (χ2v) is 3.25. The Hall–Kier alpha value is -0.310. The molecule has 13 heavy (non-hydrogen) atoms. The van der Waals surface area contributed by atoms with E-state index in [2.05, 4.69) is 0 Å². The molecule has 0 amide bonds. The number of carbonyl (C=O) groups excluding carboxylic acids is 1. The Morgan fingerprint density at radius 2 is 2.15 bits per heavy atom. The van der Waals surface area contributed by atoms with Gasteiger partial charge in [-0.3, -0.25) is 4.79 Å². The normalized spacial score (nSPS) is 19.5. The summed E-state index contributed by atoms with van der Waals surface area (Å²) in [5.41, 5.74) is 1.34. The maximum atomic E-state index is 11.3. The van der Waals surface area contributed by atoms with Gasteiger partial charge in [0.15, 0.2) is 5.78 Å². The number of benzene rings is 1. The first kappa shape index (κ1) is 10.8. The van der Waals surface area contributed by atoms with Crippen LogP contribution in [0.5, 0.6) is 5.75 Å². The fourth-order valence-electron chi connectivity index (χ4n) is 1.75. The number of Topliss-reactive ketones (excluding diaryl/α,β-unsaturated/α-hetero) is 1. The zero-order chi connectivity index (χ0) is 8.72. The summed E-state index contributed by atoms with van der Waals surface area (Å²) in [5.74, 6) is 0.103. The van der Waals surface area contributed by atoms with Crippen molar-refractivity contribution in [2.24, 2.45) is 0 Å². The van der Waals surface area contributed by atoms with Gasteiger partial charge in [-0.25, -0.2) is 0 Å². The van der Waals surface area contributed by atoms with Crippen molar-refractivity contribution in [3.05, 3.63) is 29.3 Å². The summed E-state index contributed by atoms with van der Waals surface area (Å²) in [7, 11) is 0. The Balaban J connectivity index is 0.000000845. The van der Waals surface area contributed by atoms with E-state index in [1.165, 1.54) is 6.07 Å². The van der Waals surface area contributed by atoms with Gasteiger partial charge in [0.1, 0.15) is 0 Å². The summed E-state index contributed by atoms with van der Waals surface area (Å²) < 4.78 is 0. The molecule has 3 heteroatoms. The van der Waals surface area contributed by atoms with Crippen LogP contribution in [0.2, 0.25) is 0 Å². The molecular weight excluding hydrogens is 175 g/mol. The van der Waals surface area contributed by atoms with Crippen LogP contribution in [0.3, 0.4) is 0 Å². The Morgan fingerprint density at radius 3 is 2.77 bits per heavy atom. The fraction of sp³-hybridized carbons (Fsp3) is 0.300. The molecular formula is C10H9NaO2. The van der Waals surface area contributed by atoms with Gasteiger partial charge in [0.2, 0.25) is 0 Å². The SMILES string of the molecule is CC1CC(=O)c2c([O-])cccc21.[Na+]. The first-order chi connectivity index (χ1) is 5.70. The molecule has 0 heterocycles. The van der Waals surface area contributed by atoms with Crippen molar-refractivity contribution in [3.63, 3.8) is 0 Å². The molecule has 1 aromatic carbocycles. The number of fused-ring (bicyclic) bond motifs is 1. The van der Waals surface area contributed by atoms with Crippen LogP contribution in [-0.4, -0.2) is 5.78 Å². The van der Waals surface area contributed by atoms with Gasteiger partial charge in [-0.15, -0.1) is 0 Å². The van der Waals surface area contributed by atoms with Gasteiger partial charge in [0.05, 0.1) is 0 Å². The molecule has 0 fully saturated rings. The Kier molecular flexibility index (Phi) is 3.17. The van der Waals surface area contributed by atoms with E-state index in [0.717, 1.165) is 5.56 Å². The molecule has 0 radical (unpaired) electrons. The summed E-state index contributed by atoms with van der Waals surface area (Å²) in [6, 6.07) is 5.04. The van der Waals surface area contributed by atoms with Crippen LogP contribution in [0.15, 0.2) is 18.2 Å². The van der Waals surface area contributed by atoms with Crippen LogP contribution in [0, 0.1) is 0 Å². The molecule has 62 valence electrons. The summed E-state index contributed by atoms with van der Waals surface area (Å²) >= 11 is 0. The van der Waals surface area contributed by atoms with E-state index in [1.54, 1.807) is 6.07 Å². The molecule has 1 aromatic rings. The van der Waals surface area contributed by atoms with Gasteiger partial charge >= 0.3 is 29.6 Å². The minimum atomic E-state index is -0.123. The molecule has 0 saturated carbocycles. The van der Waals surface area contributed by atoms with Crippen molar-refractivity contribution in [2.45, 2.75) is 19.3 Å². The van der Waals surface area contributed by atoms with Crippen LogP contribution in [0.4, 0.5) is 0 Å². The third-order valence-electron chi connectivity index (χ3n) is 2.36. The number of carbonyl (C=O) groups is 1. The summed E-state index contributed by atoms with van der Waals surface area (Å²) in [4.78, 5) is 11.3. The third-order valence-corrected chi connectivity index (χ3v) is 2.36. The average Bonchev–Trinajstić information content (AvgIpc) is 2.29. The van der Waals surface area contributed by atoms with Gasteiger partial charge < -0.3 is 5.11 Å². The second kappa shape index (κ2) is 3.82. The van der Waals surface area contributed by atoms with Crippen molar-refractivity contribution in [1.29, 1.82) is 0 Å². The second-order valence-electron chi connectivity index (χ2n) is 3.25. The van der Waals surface area contributed by atoms with E-state index in [9.17, 15) is 9.90 Å². The summed E-state index contributed by atoms with van der Waals surface area (Å²) in [6.45, 7) is 1.98. The molecule has 0 N–H and O–H groups in total. The first-order valence-corrected chi connectivity index (χ1v) is 4.03. The standard InChI is InChI=1S/C10H10O2.Na/c1-6-5-9(12)10-7(6)3-2-4-8(10)11;/h2-4,6,11H,5H2,1H3;/q;+1/p-1. The van der Waals surface area contributed by atoms with Gasteiger partial charge in [0, 0.05) is 12.0 Å². The van der Waals surface area contributed by atoms with Gasteiger partial charge in [-0.2, -0.15) is 0 Å². The first-order valence-electron chi connectivity index (χ1n) is 4.03. The maximum Gasteiger partial charge on any atom is 1.00 e. The molecule has 1 unspecified atom stereocenters. The molecule has 0 saturated heterocycles. The molecule has 0 spiro atoms. The van der Waals surface area contributed by atoms with E-state index < -0.39 is 0 Å². The van der Waals surface area contributed by atoms with Crippen LogP contribution < -0.4 is 34.7 Å². The third kappa shape index (κ3) is 1.66. The molecule has 0 bridgehead atoms. The number of hydrogen-bond donors (Lipinski definition) is 0. The topological polar surface area (TPSA) is 40.1 Å². The van der Waals surface area contributed by atoms with Crippen LogP contribution >= 0.6 is 0 Å². The Bertz CT molecular complexity index is 347. The molecule has 1 atom stereocenters. The molecule has 2 nitrogen and oxygen atoms in total. The van der Waals surface area contributed by atoms with E-state index in [0.29, 0.717) is 12.0 Å².